The lowest BCUT2D eigenvalue weighted by Crippen LogP contribution is -2.25. The summed E-state index contributed by atoms with van der Waals surface area (Å²) in [6, 6.07) is 1.50. The van der Waals surface area contributed by atoms with Gasteiger partial charge in [0.15, 0.2) is 0 Å². The number of pyridine rings is 1. The Hall–Kier alpha value is -1.14. The summed E-state index contributed by atoms with van der Waals surface area (Å²) in [5.41, 5.74) is 5.80. The van der Waals surface area contributed by atoms with Crippen molar-refractivity contribution in [2.45, 2.75) is 23.8 Å². The largest absolute Gasteiger partial charge is 0.397 e. The summed E-state index contributed by atoms with van der Waals surface area (Å²) in [7, 11) is -3.41. The van der Waals surface area contributed by atoms with Gasteiger partial charge in [-0.15, -0.1) is 0 Å². The van der Waals surface area contributed by atoms with Crippen LogP contribution in [0, 0.1) is 0 Å². The van der Waals surface area contributed by atoms with Crippen LogP contribution in [0.4, 0.5) is 5.69 Å². The number of nitrogens with zero attached hydrogens (tertiary/aromatic N) is 1. The topological polar surface area (TPSA) is 85.1 Å². The Bertz CT molecular complexity index is 440. The van der Waals surface area contributed by atoms with Crippen molar-refractivity contribution in [3.8, 4) is 0 Å². The third-order valence-corrected chi connectivity index (χ3v) is 3.43. The SMILES string of the molecule is Nc1cncc(S(=O)(=O)NC2CC2)c1. The normalized spacial score (nSPS) is 16.9. The van der Waals surface area contributed by atoms with Crippen LogP contribution in [0.3, 0.4) is 0 Å². The van der Waals surface area contributed by atoms with Crippen molar-refractivity contribution in [2.24, 2.45) is 0 Å². The molecule has 1 aromatic rings. The maximum absolute atomic E-state index is 11.6. The molecular weight excluding hydrogens is 202 g/mol. The molecular formula is C8H11N3O2S. The van der Waals surface area contributed by atoms with E-state index in [1.54, 1.807) is 0 Å². The summed E-state index contributed by atoms with van der Waals surface area (Å²) in [6.07, 6.45) is 4.53. The molecule has 5 nitrogen and oxygen atoms in total. The smallest absolute Gasteiger partial charge is 0.242 e. The molecule has 1 aliphatic rings. The number of nitrogen functional groups attached to an aromatic ring is 1. The average molecular weight is 213 g/mol. The van der Waals surface area contributed by atoms with Crippen LogP contribution in [0.2, 0.25) is 0 Å². The van der Waals surface area contributed by atoms with Crippen LogP contribution in [0.1, 0.15) is 12.8 Å². The maximum Gasteiger partial charge on any atom is 0.242 e. The quantitative estimate of drug-likeness (QED) is 0.746. The highest BCUT2D eigenvalue weighted by molar-refractivity contribution is 7.89. The minimum Gasteiger partial charge on any atom is -0.397 e. The molecule has 6 heteroatoms. The van der Waals surface area contributed by atoms with Crippen LogP contribution in [-0.4, -0.2) is 19.4 Å². The second-order valence-corrected chi connectivity index (χ2v) is 5.06. The van der Waals surface area contributed by atoms with Gasteiger partial charge >= 0.3 is 0 Å². The number of nitrogens with two attached hydrogens (primary N) is 1. The van der Waals surface area contributed by atoms with Gasteiger partial charge in [-0.05, 0) is 18.9 Å². The van der Waals surface area contributed by atoms with Gasteiger partial charge in [0.1, 0.15) is 4.90 Å². The molecule has 1 fully saturated rings. The second-order valence-electron chi connectivity index (χ2n) is 3.35. The molecule has 0 aromatic carbocycles. The summed E-state index contributed by atoms with van der Waals surface area (Å²) in [6.45, 7) is 0. The average Bonchev–Trinajstić information content (AvgIpc) is 2.87. The van der Waals surface area contributed by atoms with E-state index in [-0.39, 0.29) is 10.9 Å². The molecule has 0 atom stereocenters. The third kappa shape index (κ3) is 2.02. The Morgan fingerprint density at radius 3 is 2.71 bits per heavy atom. The minimum atomic E-state index is -3.41. The van der Waals surface area contributed by atoms with Gasteiger partial charge in [0, 0.05) is 18.4 Å². The second kappa shape index (κ2) is 3.21. The van der Waals surface area contributed by atoms with E-state index in [9.17, 15) is 8.42 Å². The zero-order valence-corrected chi connectivity index (χ0v) is 8.29. The lowest BCUT2D eigenvalue weighted by atomic mass is 10.4. The first-order valence-electron chi connectivity index (χ1n) is 4.31. The van der Waals surface area contributed by atoms with Gasteiger partial charge < -0.3 is 5.73 Å². The van der Waals surface area contributed by atoms with Crippen LogP contribution in [0.5, 0.6) is 0 Å². The van der Waals surface area contributed by atoms with E-state index in [1.165, 1.54) is 18.5 Å². The Morgan fingerprint density at radius 1 is 1.43 bits per heavy atom. The molecule has 0 bridgehead atoms. The molecule has 2 rings (SSSR count). The van der Waals surface area contributed by atoms with Crippen LogP contribution in [0.25, 0.3) is 0 Å². The lowest BCUT2D eigenvalue weighted by molar-refractivity contribution is 0.580. The molecule has 0 radical (unpaired) electrons. The monoisotopic (exact) mass is 213 g/mol. The van der Waals surface area contributed by atoms with Gasteiger partial charge in [-0.1, -0.05) is 0 Å². The van der Waals surface area contributed by atoms with E-state index in [4.69, 9.17) is 5.73 Å². The predicted molar refractivity (Wildman–Crippen MR) is 52.0 cm³/mol. The molecule has 0 amide bonds. The molecule has 1 saturated carbocycles. The summed E-state index contributed by atoms with van der Waals surface area (Å²) in [5, 5.41) is 0. The number of rotatable bonds is 3. The van der Waals surface area contributed by atoms with E-state index in [1.807, 2.05) is 0 Å². The first kappa shape index (κ1) is 9.42. The number of hydrogen-bond acceptors (Lipinski definition) is 4. The fourth-order valence-corrected chi connectivity index (χ4v) is 2.37. The Kier molecular flexibility index (Phi) is 2.16. The van der Waals surface area contributed by atoms with Gasteiger partial charge in [0.25, 0.3) is 0 Å². The lowest BCUT2D eigenvalue weighted by Gasteiger charge is -2.04. The standard InChI is InChI=1S/C8H11N3O2S/c9-6-3-8(5-10-4-6)14(12,13)11-7-1-2-7/h3-5,7,11H,1-2,9H2. The molecule has 14 heavy (non-hydrogen) atoms. The van der Waals surface area contributed by atoms with Gasteiger partial charge in [-0.2, -0.15) is 0 Å². The minimum absolute atomic E-state index is 0.0985. The van der Waals surface area contributed by atoms with Crippen LogP contribution < -0.4 is 10.5 Å². The molecule has 0 unspecified atom stereocenters. The number of hydrogen-bond donors (Lipinski definition) is 2. The molecule has 0 saturated heterocycles. The van der Waals surface area contributed by atoms with Crippen molar-refractivity contribution in [1.82, 2.24) is 9.71 Å². The third-order valence-electron chi connectivity index (χ3n) is 1.94. The van der Waals surface area contributed by atoms with Gasteiger partial charge in [0.05, 0.1) is 5.69 Å². The van der Waals surface area contributed by atoms with Crippen molar-refractivity contribution in [3.05, 3.63) is 18.5 Å². The fraction of sp³-hybridized carbons (Fsp3) is 0.375. The first-order chi connectivity index (χ1) is 6.58. The number of sulfonamides is 1. The van der Waals surface area contributed by atoms with Crippen molar-refractivity contribution in [2.75, 3.05) is 5.73 Å². The van der Waals surface area contributed by atoms with Crippen LogP contribution >= 0.6 is 0 Å². The van der Waals surface area contributed by atoms with E-state index >= 15 is 0 Å². The zero-order valence-electron chi connectivity index (χ0n) is 7.47. The Morgan fingerprint density at radius 2 is 2.14 bits per heavy atom. The molecule has 1 heterocycles. The highest BCUT2D eigenvalue weighted by atomic mass is 32.2. The summed E-state index contributed by atoms with van der Waals surface area (Å²) in [4.78, 5) is 3.86. The van der Waals surface area contributed by atoms with Gasteiger partial charge in [-0.25, -0.2) is 13.1 Å². The molecule has 1 aromatic heterocycles. The van der Waals surface area contributed by atoms with Crippen LogP contribution in [0.15, 0.2) is 23.4 Å². The number of nitrogens with one attached hydrogen (secondary N) is 1. The van der Waals surface area contributed by atoms with Crippen LogP contribution in [-0.2, 0) is 10.0 Å². The summed E-state index contributed by atoms with van der Waals surface area (Å²) in [5.74, 6) is 0. The Balaban J connectivity index is 2.28. The summed E-state index contributed by atoms with van der Waals surface area (Å²) >= 11 is 0. The molecule has 1 aliphatic carbocycles. The van der Waals surface area contributed by atoms with Crippen molar-refractivity contribution in [3.63, 3.8) is 0 Å². The number of anilines is 1. The van der Waals surface area contributed by atoms with Gasteiger partial charge in [-0.3, -0.25) is 4.98 Å². The molecule has 0 aliphatic heterocycles. The number of aromatic nitrogens is 1. The highest BCUT2D eigenvalue weighted by Crippen LogP contribution is 2.22. The Labute approximate surface area is 82.4 Å². The molecule has 3 N–H and O–H groups in total. The zero-order chi connectivity index (χ0) is 10.2. The van der Waals surface area contributed by atoms with E-state index < -0.39 is 10.0 Å². The maximum atomic E-state index is 11.6. The van der Waals surface area contributed by atoms with Gasteiger partial charge in [0.2, 0.25) is 10.0 Å². The summed E-state index contributed by atoms with van der Waals surface area (Å²) < 4.78 is 25.8. The highest BCUT2D eigenvalue weighted by Gasteiger charge is 2.28. The fourth-order valence-electron chi connectivity index (χ4n) is 1.07. The predicted octanol–water partition coefficient (Wildman–Crippen LogP) is 0.105. The molecule has 76 valence electrons. The molecule has 0 spiro atoms. The van der Waals surface area contributed by atoms with Crippen molar-refractivity contribution >= 4 is 15.7 Å². The van der Waals surface area contributed by atoms with E-state index in [0.29, 0.717) is 5.69 Å². The first-order valence-corrected chi connectivity index (χ1v) is 5.79. The van der Waals surface area contributed by atoms with Crippen molar-refractivity contribution in [1.29, 1.82) is 0 Å². The van der Waals surface area contributed by atoms with E-state index in [0.717, 1.165) is 12.8 Å². The van der Waals surface area contributed by atoms with E-state index in [2.05, 4.69) is 9.71 Å². The van der Waals surface area contributed by atoms with Crippen molar-refractivity contribution < 1.29 is 8.42 Å².